The van der Waals surface area contributed by atoms with Crippen molar-refractivity contribution in [3.63, 3.8) is 0 Å². The Morgan fingerprint density at radius 1 is 0.895 bits per heavy atom. The average Bonchev–Trinajstić information content (AvgIpc) is 3.02. The second-order valence-electron chi connectivity index (χ2n) is 6.97. The van der Waals surface area contributed by atoms with Gasteiger partial charge in [-0.05, 0) is 25.7 Å². The van der Waals surface area contributed by atoms with Gasteiger partial charge in [-0.25, -0.2) is 0 Å². The van der Waals surface area contributed by atoms with Crippen LogP contribution in [-0.4, -0.2) is 33.9 Å². The predicted molar refractivity (Wildman–Crippen MR) is 79.2 cm³/mol. The number of rotatable bonds is 1. The van der Waals surface area contributed by atoms with Crippen molar-refractivity contribution >= 4 is 17.7 Å². The van der Waals surface area contributed by atoms with Gasteiger partial charge in [0.15, 0.2) is 0 Å². The van der Waals surface area contributed by atoms with Crippen LogP contribution in [0.5, 0.6) is 0 Å². The lowest BCUT2D eigenvalue weighted by Crippen LogP contribution is -2.39. The van der Waals surface area contributed by atoms with Gasteiger partial charge in [0.2, 0.25) is 5.91 Å². The molecule has 19 heavy (non-hydrogen) atoms. The SMILES string of the molecule is O=C1C2C3CCC(S3)C2CN1C1CCCCCCC1. The lowest BCUT2D eigenvalue weighted by atomic mass is 9.81. The van der Waals surface area contributed by atoms with Crippen LogP contribution in [0.3, 0.4) is 0 Å². The predicted octanol–water partition coefficient (Wildman–Crippen LogP) is 3.45. The molecule has 2 nitrogen and oxygen atoms in total. The Hall–Kier alpha value is -0.180. The molecule has 1 saturated carbocycles. The molecular weight excluding hydrogens is 254 g/mol. The second-order valence-corrected chi connectivity index (χ2v) is 8.45. The molecule has 1 aliphatic carbocycles. The van der Waals surface area contributed by atoms with E-state index in [0.29, 0.717) is 29.0 Å². The quantitative estimate of drug-likeness (QED) is 0.733. The molecule has 3 heteroatoms. The normalized spacial score (nSPS) is 43.4. The molecule has 2 bridgehead atoms. The number of amides is 1. The molecule has 4 unspecified atom stereocenters. The first kappa shape index (κ1) is 12.6. The Bertz CT molecular complexity index is 364. The zero-order chi connectivity index (χ0) is 12.8. The van der Waals surface area contributed by atoms with Crippen LogP contribution in [0, 0.1) is 11.8 Å². The Morgan fingerprint density at radius 3 is 2.32 bits per heavy atom. The zero-order valence-electron chi connectivity index (χ0n) is 11.7. The summed E-state index contributed by atoms with van der Waals surface area (Å²) in [5.74, 6) is 1.66. The van der Waals surface area contributed by atoms with Crippen molar-refractivity contribution in [3.05, 3.63) is 0 Å². The number of likely N-dealkylation sites (tertiary alicyclic amines) is 1. The molecule has 4 atom stereocenters. The molecule has 3 saturated heterocycles. The van der Waals surface area contributed by atoms with Crippen LogP contribution in [0.25, 0.3) is 0 Å². The molecular formula is C16H25NOS. The fourth-order valence-corrected chi connectivity index (χ4v) is 6.87. The van der Waals surface area contributed by atoms with E-state index in [0.717, 1.165) is 11.8 Å². The number of thioether (sulfide) groups is 1. The first-order chi connectivity index (χ1) is 9.34. The number of carbonyl (C=O) groups is 1. The number of nitrogens with zero attached hydrogens (tertiary/aromatic N) is 1. The summed E-state index contributed by atoms with van der Waals surface area (Å²) in [6, 6.07) is 0.586. The monoisotopic (exact) mass is 279 g/mol. The molecule has 3 aliphatic heterocycles. The highest BCUT2D eigenvalue weighted by molar-refractivity contribution is 8.01. The van der Waals surface area contributed by atoms with E-state index in [1.165, 1.54) is 57.8 Å². The summed E-state index contributed by atoms with van der Waals surface area (Å²) in [6.45, 7) is 1.10. The highest BCUT2D eigenvalue weighted by Gasteiger charge is 2.57. The third kappa shape index (κ3) is 2.03. The van der Waals surface area contributed by atoms with Crippen LogP contribution < -0.4 is 0 Å². The van der Waals surface area contributed by atoms with Crippen LogP contribution in [0.1, 0.15) is 57.8 Å². The van der Waals surface area contributed by atoms with Crippen molar-refractivity contribution in [2.45, 2.75) is 74.3 Å². The molecule has 0 aromatic carbocycles. The maximum atomic E-state index is 12.8. The van der Waals surface area contributed by atoms with Crippen LogP contribution in [0.15, 0.2) is 0 Å². The van der Waals surface area contributed by atoms with Gasteiger partial charge >= 0.3 is 0 Å². The first-order valence-corrected chi connectivity index (χ1v) is 9.25. The summed E-state index contributed by atoms with van der Waals surface area (Å²) in [7, 11) is 0. The Morgan fingerprint density at radius 2 is 1.58 bits per heavy atom. The van der Waals surface area contributed by atoms with E-state index in [1.54, 1.807) is 0 Å². The van der Waals surface area contributed by atoms with Crippen LogP contribution >= 0.6 is 11.8 Å². The van der Waals surface area contributed by atoms with E-state index in [9.17, 15) is 4.79 Å². The highest BCUT2D eigenvalue weighted by atomic mass is 32.2. The number of hydrogen-bond donors (Lipinski definition) is 0. The smallest absolute Gasteiger partial charge is 0.227 e. The van der Waals surface area contributed by atoms with Crippen molar-refractivity contribution < 1.29 is 4.79 Å². The average molecular weight is 279 g/mol. The molecule has 0 N–H and O–H groups in total. The van der Waals surface area contributed by atoms with Crippen LogP contribution in [-0.2, 0) is 4.79 Å². The van der Waals surface area contributed by atoms with Crippen LogP contribution in [0.4, 0.5) is 0 Å². The van der Waals surface area contributed by atoms with E-state index in [2.05, 4.69) is 16.7 Å². The summed E-state index contributed by atoms with van der Waals surface area (Å²) < 4.78 is 0. The van der Waals surface area contributed by atoms with Crippen molar-refractivity contribution in [3.8, 4) is 0 Å². The molecule has 4 aliphatic rings. The summed E-state index contributed by atoms with van der Waals surface area (Å²) in [5.41, 5.74) is 0. The Kier molecular flexibility index (Phi) is 3.29. The highest BCUT2D eigenvalue weighted by Crippen LogP contribution is 2.56. The fourth-order valence-electron chi connectivity index (χ4n) is 4.93. The van der Waals surface area contributed by atoms with Gasteiger partial charge in [0.1, 0.15) is 0 Å². The molecule has 3 heterocycles. The minimum Gasteiger partial charge on any atom is -0.339 e. The van der Waals surface area contributed by atoms with Crippen molar-refractivity contribution in [2.75, 3.05) is 6.54 Å². The fraction of sp³-hybridized carbons (Fsp3) is 0.938. The van der Waals surface area contributed by atoms with Crippen molar-refractivity contribution in [1.82, 2.24) is 4.90 Å². The van der Waals surface area contributed by atoms with Gasteiger partial charge in [0.25, 0.3) is 0 Å². The first-order valence-electron chi connectivity index (χ1n) is 8.30. The van der Waals surface area contributed by atoms with Gasteiger partial charge in [-0.15, -0.1) is 0 Å². The van der Waals surface area contributed by atoms with Gasteiger partial charge in [-0.2, -0.15) is 11.8 Å². The topological polar surface area (TPSA) is 20.3 Å². The van der Waals surface area contributed by atoms with Gasteiger partial charge in [0.05, 0.1) is 5.92 Å². The third-order valence-corrected chi connectivity index (χ3v) is 7.73. The van der Waals surface area contributed by atoms with E-state index in [4.69, 9.17) is 0 Å². The Balaban J connectivity index is 1.48. The number of fused-ring (bicyclic) bond motifs is 5. The summed E-state index contributed by atoms with van der Waals surface area (Å²) in [4.78, 5) is 15.1. The zero-order valence-corrected chi connectivity index (χ0v) is 12.5. The van der Waals surface area contributed by atoms with Gasteiger partial charge in [-0.1, -0.05) is 32.1 Å². The molecule has 0 spiro atoms. The van der Waals surface area contributed by atoms with E-state index < -0.39 is 0 Å². The number of carbonyl (C=O) groups excluding carboxylic acids is 1. The molecule has 0 radical (unpaired) electrons. The van der Waals surface area contributed by atoms with Crippen LogP contribution in [0.2, 0.25) is 0 Å². The summed E-state index contributed by atoms with van der Waals surface area (Å²) >= 11 is 2.14. The summed E-state index contributed by atoms with van der Waals surface area (Å²) in [5, 5.41) is 1.50. The maximum absolute atomic E-state index is 12.8. The number of hydrogen-bond acceptors (Lipinski definition) is 2. The van der Waals surface area contributed by atoms with E-state index >= 15 is 0 Å². The standard InChI is InChI=1S/C16H25NOS/c18-16-15-12(13-8-9-14(15)19-13)10-17(16)11-6-4-2-1-3-5-7-11/h11-15H,1-10H2. The van der Waals surface area contributed by atoms with E-state index in [1.807, 2.05) is 0 Å². The third-order valence-electron chi connectivity index (χ3n) is 5.92. The molecule has 4 fully saturated rings. The van der Waals surface area contributed by atoms with Gasteiger partial charge < -0.3 is 4.90 Å². The molecule has 1 amide bonds. The lowest BCUT2D eigenvalue weighted by molar-refractivity contribution is -0.133. The van der Waals surface area contributed by atoms with Gasteiger partial charge in [-0.3, -0.25) is 4.79 Å². The van der Waals surface area contributed by atoms with Gasteiger partial charge in [0, 0.05) is 29.0 Å². The maximum Gasteiger partial charge on any atom is 0.227 e. The van der Waals surface area contributed by atoms with E-state index in [-0.39, 0.29) is 0 Å². The minimum absolute atomic E-state index is 0.411. The Labute approximate surface area is 120 Å². The minimum atomic E-state index is 0.411. The molecule has 4 rings (SSSR count). The molecule has 106 valence electrons. The molecule has 0 aromatic heterocycles. The lowest BCUT2D eigenvalue weighted by Gasteiger charge is -2.30. The molecule has 0 aromatic rings. The summed E-state index contributed by atoms with van der Waals surface area (Å²) in [6.07, 6.45) is 12.1. The van der Waals surface area contributed by atoms with Crippen molar-refractivity contribution in [1.29, 1.82) is 0 Å². The second kappa shape index (κ2) is 4.98. The largest absolute Gasteiger partial charge is 0.339 e. The van der Waals surface area contributed by atoms with Crippen molar-refractivity contribution in [2.24, 2.45) is 11.8 Å².